The second-order valence-electron chi connectivity index (χ2n) is 4.72. The van der Waals surface area contributed by atoms with Gasteiger partial charge in [0.05, 0.1) is 16.3 Å². The van der Waals surface area contributed by atoms with E-state index in [-0.39, 0.29) is 5.56 Å². The first-order valence-corrected chi connectivity index (χ1v) is 7.24. The van der Waals surface area contributed by atoms with Crippen molar-refractivity contribution in [2.75, 3.05) is 6.54 Å². The van der Waals surface area contributed by atoms with Crippen molar-refractivity contribution in [3.8, 4) is 11.3 Å². The molecule has 2 heterocycles. The fraction of sp³-hybridized carbons (Fsp3) is 0.357. The van der Waals surface area contributed by atoms with Crippen LogP contribution in [0.25, 0.3) is 11.3 Å². The van der Waals surface area contributed by atoms with Crippen LogP contribution < -0.4 is 5.32 Å². The quantitative estimate of drug-likeness (QED) is 0.932. The molecule has 1 fully saturated rings. The van der Waals surface area contributed by atoms with Gasteiger partial charge in [0.25, 0.3) is 0 Å². The normalized spacial score (nSPS) is 18.9. The smallest absolute Gasteiger partial charge is 0.135 e. The molecule has 2 aromatic rings. The highest BCUT2D eigenvalue weighted by molar-refractivity contribution is 7.09. The number of nitrogens with one attached hydrogen (secondary N) is 1. The highest BCUT2D eigenvalue weighted by Crippen LogP contribution is 2.28. The summed E-state index contributed by atoms with van der Waals surface area (Å²) in [5, 5.41) is 6.05. The summed E-state index contributed by atoms with van der Waals surface area (Å²) in [6.45, 7) is 1.05. The molecule has 1 aromatic heterocycles. The Morgan fingerprint density at radius 1 is 1.32 bits per heavy atom. The van der Waals surface area contributed by atoms with Crippen molar-refractivity contribution in [1.29, 1.82) is 0 Å². The highest BCUT2D eigenvalue weighted by Gasteiger charge is 2.18. The van der Waals surface area contributed by atoms with Crippen molar-refractivity contribution in [2.45, 2.75) is 25.3 Å². The molecule has 0 spiro atoms. The Bertz CT molecular complexity index is 556. The first kappa shape index (κ1) is 12.7. The van der Waals surface area contributed by atoms with Crippen LogP contribution >= 0.6 is 11.3 Å². The van der Waals surface area contributed by atoms with E-state index in [2.05, 4.69) is 10.3 Å². The molecule has 1 unspecified atom stereocenters. The minimum absolute atomic E-state index is 0.0237. The molecule has 0 saturated carbocycles. The second kappa shape index (κ2) is 5.35. The predicted octanol–water partition coefficient (Wildman–Crippen LogP) is 3.38. The van der Waals surface area contributed by atoms with Gasteiger partial charge < -0.3 is 5.32 Å². The van der Waals surface area contributed by atoms with Crippen molar-refractivity contribution < 1.29 is 8.78 Å². The van der Waals surface area contributed by atoms with Crippen LogP contribution in [0.5, 0.6) is 0 Å². The predicted molar refractivity (Wildman–Crippen MR) is 72.2 cm³/mol. The maximum Gasteiger partial charge on any atom is 0.135 e. The molecule has 1 N–H and O–H groups in total. The van der Waals surface area contributed by atoms with Crippen molar-refractivity contribution in [2.24, 2.45) is 0 Å². The van der Waals surface area contributed by atoms with Gasteiger partial charge in [-0.25, -0.2) is 13.8 Å². The molecule has 1 saturated heterocycles. The highest BCUT2D eigenvalue weighted by atomic mass is 32.1. The first-order chi connectivity index (χ1) is 9.24. The Balaban J connectivity index is 1.84. The third kappa shape index (κ3) is 2.67. The summed E-state index contributed by atoms with van der Waals surface area (Å²) in [7, 11) is 0. The van der Waals surface area contributed by atoms with E-state index in [9.17, 15) is 8.78 Å². The molecule has 0 bridgehead atoms. The molecule has 1 aliphatic heterocycles. The zero-order valence-corrected chi connectivity index (χ0v) is 11.1. The minimum Gasteiger partial charge on any atom is -0.314 e. The van der Waals surface area contributed by atoms with Crippen LogP contribution in [0.15, 0.2) is 23.6 Å². The number of aromatic nitrogens is 1. The van der Waals surface area contributed by atoms with Crippen molar-refractivity contribution in [1.82, 2.24) is 10.3 Å². The van der Waals surface area contributed by atoms with Gasteiger partial charge in [0.2, 0.25) is 0 Å². The average molecular weight is 280 g/mol. The Morgan fingerprint density at radius 2 is 2.11 bits per heavy atom. The van der Waals surface area contributed by atoms with Gasteiger partial charge in [-0.05, 0) is 31.5 Å². The summed E-state index contributed by atoms with van der Waals surface area (Å²) in [6.07, 6.45) is 3.16. The third-order valence-corrected chi connectivity index (χ3v) is 4.23. The molecule has 5 heteroatoms. The molecule has 3 rings (SSSR count). The van der Waals surface area contributed by atoms with Crippen molar-refractivity contribution >= 4 is 11.3 Å². The zero-order chi connectivity index (χ0) is 13.2. The molecule has 0 aliphatic carbocycles. The van der Waals surface area contributed by atoms with Gasteiger partial charge in [-0.2, -0.15) is 0 Å². The summed E-state index contributed by atoms with van der Waals surface area (Å²) in [4.78, 5) is 4.36. The summed E-state index contributed by atoms with van der Waals surface area (Å²) < 4.78 is 27.3. The molecular formula is C14H14F2N2S. The van der Waals surface area contributed by atoms with E-state index in [1.807, 2.05) is 0 Å². The first-order valence-electron chi connectivity index (χ1n) is 6.36. The molecule has 19 heavy (non-hydrogen) atoms. The Morgan fingerprint density at radius 3 is 2.79 bits per heavy atom. The summed E-state index contributed by atoms with van der Waals surface area (Å²) in [5.41, 5.74) is 0.373. The maximum atomic E-state index is 13.7. The van der Waals surface area contributed by atoms with Gasteiger partial charge in [0, 0.05) is 17.8 Å². The van der Waals surface area contributed by atoms with Gasteiger partial charge in [0.15, 0.2) is 0 Å². The van der Waals surface area contributed by atoms with Crippen LogP contribution in [0.2, 0.25) is 0 Å². The number of hydrogen-bond donors (Lipinski definition) is 1. The number of nitrogens with zero attached hydrogens (tertiary/aromatic N) is 1. The topological polar surface area (TPSA) is 24.9 Å². The molecular weight excluding hydrogens is 266 g/mol. The van der Waals surface area contributed by atoms with E-state index in [0.717, 1.165) is 24.4 Å². The SMILES string of the molecule is Fc1cccc(F)c1-c1csc(CC2CCCN2)n1. The molecule has 2 nitrogen and oxygen atoms in total. The van der Waals surface area contributed by atoms with Crippen LogP contribution in [-0.4, -0.2) is 17.6 Å². The molecule has 1 aliphatic rings. The summed E-state index contributed by atoms with van der Waals surface area (Å²) >= 11 is 1.46. The Kier molecular flexibility index (Phi) is 3.57. The number of rotatable bonds is 3. The van der Waals surface area contributed by atoms with E-state index in [4.69, 9.17) is 0 Å². The standard InChI is InChI=1S/C14H14F2N2S/c15-10-4-1-5-11(16)14(10)12-8-19-13(18-12)7-9-3-2-6-17-9/h1,4-5,8-9,17H,2-3,6-7H2. The lowest BCUT2D eigenvalue weighted by Crippen LogP contribution is -2.23. The zero-order valence-electron chi connectivity index (χ0n) is 10.3. The Labute approximate surface area is 114 Å². The van der Waals surface area contributed by atoms with Gasteiger partial charge in [-0.1, -0.05) is 6.07 Å². The number of thiazole rings is 1. The maximum absolute atomic E-state index is 13.7. The van der Waals surface area contributed by atoms with E-state index in [1.165, 1.54) is 36.0 Å². The monoisotopic (exact) mass is 280 g/mol. The number of hydrogen-bond acceptors (Lipinski definition) is 3. The van der Waals surface area contributed by atoms with Gasteiger partial charge in [0.1, 0.15) is 11.6 Å². The second-order valence-corrected chi connectivity index (χ2v) is 5.66. The summed E-state index contributed by atoms with van der Waals surface area (Å²) in [6, 6.07) is 4.33. The molecule has 0 radical (unpaired) electrons. The minimum atomic E-state index is -0.559. The number of halogens is 2. The van der Waals surface area contributed by atoms with Crippen LogP contribution in [0.1, 0.15) is 17.8 Å². The summed E-state index contributed by atoms with van der Waals surface area (Å²) in [5.74, 6) is -1.12. The molecule has 1 atom stereocenters. The van der Waals surface area contributed by atoms with Crippen LogP contribution in [-0.2, 0) is 6.42 Å². The van der Waals surface area contributed by atoms with E-state index < -0.39 is 11.6 Å². The van der Waals surface area contributed by atoms with Gasteiger partial charge in [-0.15, -0.1) is 11.3 Å². The largest absolute Gasteiger partial charge is 0.314 e. The van der Waals surface area contributed by atoms with E-state index >= 15 is 0 Å². The fourth-order valence-electron chi connectivity index (χ4n) is 2.40. The lowest BCUT2D eigenvalue weighted by molar-refractivity contribution is 0.587. The molecule has 100 valence electrons. The third-order valence-electron chi connectivity index (χ3n) is 3.35. The van der Waals surface area contributed by atoms with Gasteiger partial charge >= 0.3 is 0 Å². The van der Waals surface area contributed by atoms with Crippen molar-refractivity contribution in [3.05, 3.63) is 40.2 Å². The average Bonchev–Trinajstić information content (AvgIpc) is 3.02. The van der Waals surface area contributed by atoms with E-state index in [1.54, 1.807) is 5.38 Å². The van der Waals surface area contributed by atoms with Crippen LogP contribution in [0.3, 0.4) is 0 Å². The lowest BCUT2D eigenvalue weighted by atomic mass is 10.1. The lowest BCUT2D eigenvalue weighted by Gasteiger charge is -2.06. The van der Waals surface area contributed by atoms with E-state index in [0.29, 0.717) is 11.7 Å². The molecule has 0 amide bonds. The fourth-order valence-corrected chi connectivity index (χ4v) is 3.27. The van der Waals surface area contributed by atoms with Crippen molar-refractivity contribution in [3.63, 3.8) is 0 Å². The van der Waals surface area contributed by atoms with Crippen LogP contribution in [0, 0.1) is 11.6 Å². The molecule has 1 aromatic carbocycles. The Hall–Kier alpha value is -1.33. The number of benzene rings is 1. The van der Waals surface area contributed by atoms with Crippen LogP contribution in [0.4, 0.5) is 8.78 Å². The van der Waals surface area contributed by atoms with Gasteiger partial charge in [-0.3, -0.25) is 0 Å².